The molecule has 3 atom stereocenters. The highest BCUT2D eigenvalue weighted by molar-refractivity contribution is 5.71. The molecule has 0 aliphatic carbocycles. The number of rotatable bonds is 10. The van der Waals surface area contributed by atoms with Crippen LogP contribution in [-0.4, -0.2) is 24.7 Å². The van der Waals surface area contributed by atoms with Crippen LogP contribution in [0.2, 0.25) is 0 Å². The molecule has 2 N–H and O–H groups in total. The van der Waals surface area contributed by atoms with Crippen LogP contribution in [0.4, 0.5) is 0 Å². The van der Waals surface area contributed by atoms with Crippen molar-refractivity contribution >= 4 is 5.97 Å². The largest absolute Gasteiger partial charge is 0.490 e. The van der Waals surface area contributed by atoms with Crippen molar-refractivity contribution < 1.29 is 14.3 Å². The smallest absolute Gasteiger partial charge is 0.319 e. The first kappa shape index (κ1) is 18.5. The molecule has 4 heteroatoms. The van der Waals surface area contributed by atoms with E-state index in [1.54, 1.807) is 0 Å². The number of ether oxygens (including phenoxy) is 2. The number of nitrogens with two attached hydrogens (primary N) is 1. The fourth-order valence-electron chi connectivity index (χ4n) is 2.65. The van der Waals surface area contributed by atoms with Crippen molar-refractivity contribution in [3.05, 3.63) is 30.3 Å². The second-order valence-corrected chi connectivity index (χ2v) is 5.58. The summed E-state index contributed by atoms with van der Waals surface area (Å²) in [5, 5.41) is 0. The van der Waals surface area contributed by atoms with Crippen LogP contribution < -0.4 is 10.5 Å². The highest BCUT2D eigenvalue weighted by atomic mass is 16.5. The predicted molar refractivity (Wildman–Crippen MR) is 88.8 cm³/mol. The number of hydrogen-bond donors (Lipinski definition) is 1. The number of hydrogen-bond acceptors (Lipinski definition) is 4. The van der Waals surface area contributed by atoms with Crippen molar-refractivity contribution in [3.8, 4) is 5.75 Å². The first-order chi connectivity index (χ1) is 10.6. The van der Waals surface area contributed by atoms with Gasteiger partial charge in [0.2, 0.25) is 0 Å². The Bertz CT molecular complexity index is 422. The lowest BCUT2D eigenvalue weighted by molar-refractivity contribution is -0.151. The van der Waals surface area contributed by atoms with Gasteiger partial charge in [0.05, 0.1) is 6.54 Å². The van der Waals surface area contributed by atoms with E-state index in [1.165, 1.54) is 0 Å². The van der Waals surface area contributed by atoms with Gasteiger partial charge in [0, 0.05) is 5.92 Å². The number of carbonyl (C=O) groups excluding carboxylic acids is 1. The van der Waals surface area contributed by atoms with E-state index in [-0.39, 0.29) is 30.6 Å². The molecule has 0 aromatic heterocycles. The van der Waals surface area contributed by atoms with Crippen molar-refractivity contribution in [2.75, 3.05) is 6.54 Å². The summed E-state index contributed by atoms with van der Waals surface area (Å²) in [5.74, 6) is 0.664. The van der Waals surface area contributed by atoms with E-state index in [9.17, 15) is 4.79 Å². The predicted octanol–water partition coefficient (Wildman–Crippen LogP) is 3.54. The van der Waals surface area contributed by atoms with Crippen LogP contribution in [-0.2, 0) is 9.53 Å². The molecule has 1 aromatic carbocycles. The fraction of sp³-hybridized carbons (Fsp3) is 0.611. The van der Waals surface area contributed by atoms with Gasteiger partial charge in [0.25, 0.3) is 0 Å². The minimum atomic E-state index is -0.358. The van der Waals surface area contributed by atoms with E-state index in [0.29, 0.717) is 0 Å². The van der Waals surface area contributed by atoms with Gasteiger partial charge < -0.3 is 15.2 Å². The van der Waals surface area contributed by atoms with Crippen LogP contribution in [0, 0.1) is 5.92 Å². The third-order valence-electron chi connectivity index (χ3n) is 3.89. The maximum absolute atomic E-state index is 11.5. The third-order valence-corrected chi connectivity index (χ3v) is 3.89. The van der Waals surface area contributed by atoms with Gasteiger partial charge in [-0.25, -0.2) is 0 Å². The molecular formula is C18H29NO3. The SMILES string of the molecule is CCCC[C@@H]([C@H](C)OC(=O)CN)[C@@H](CC)Oc1ccccc1. The highest BCUT2D eigenvalue weighted by Crippen LogP contribution is 2.26. The van der Waals surface area contributed by atoms with Crippen molar-refractivity contribution in [2.24, 2.45) is 11.7 Å². The Labute approximate surface area is 134 Å². The topological polar surface area (TPSA) is 61.5 Å². The Hall–Kier alpha value is -1.55. The molecule has 0 heterocycles. The van der Waals surface area contributed by atoms with Gasteiger partial charge in [-0.05, 0) is 31.9 Å². The average molecular weight is 307 g/mol. The monoisotopic (exact) mass is 307 g/mol. The molecule has 0 saturated carbocycles. The van der Waals surface area contributed by atoms with Gasteiger partial charge in [-0.1, -0.05) is 44.9 Å². The molecule has 124 valence electrons. The normalized spacial score (nSPS) is 14.9. The summed E-state index contributed by atoms with van der Waals surface area (Å²) in [7, 11) is 0. The minimum Gasteiger partial charge on any atom is -0.490 e. The first-order valence-corrected chi connectivity index (χ1v) is 8.23. The summed E-state index contributed by atoms with van der Waals surface area (Å²) in [5.41, 5.74) is 5.35. The van der Waals surface area contributed by atoms with Gasteiger partial charge in [-0.15, -0.1) is 0 Å². The van der Waals surface area contributed by atoms with E-state index in [1.807, 2.05) is 37.3 Å². The molecule has 0 aliphatic heterocycles. The van der Waals surface area contributed by atoms with Gasteiger partial charge in [0.1, 0.15) is 18.0 Å². The first-order valence-electron chi connectivity index (χ1n) is 8.23. The summed E-state index contributed by atoms with van der Waals surface area (Å²) in [6, 6.07) is 9.79. The van der Waals surface area contributed by atoms with Crippen molar-refractivity contribution in [3.63, 3.8) is 0 Å². The third kappa shape index (κ3) is 6.06. The zero-order chi connectivity index (χ0) is 16.4. The van der Waals surface area contributed by atoms with Crippen molar-refractivity contribution in [1.29, 1.82) is 0 Å². The maximum Gasteiger partial charge on any atom is 0.319 e. The van der Waals surface area contributed by atoms with Crippen LogP contribution in [0.3, 0.4) is 0 Å². The zero-order valence-corrected chi connectivity index (χ0v) is 14.0. The number of esters is 1. The van der Waals surface area contributed by atoms with Gasteiger partial charge in [-0.3, -0.25) is 4.79 Å². The van der Waals surface area contributed by atoms with E-state index in [2.05, 4.69) is 13.8 Å². The summed E-state index contributed by atoms with van der Waals surface area (Å²) in [6.45, 7) is 6.11. The number of carbonyl (C=O) groups is 1. The van der Waals surface area contributed by atoms with Gasteiger partial charge in [0.15, 0.2) is 0 Å². The van der Waals surface area contributed by atoms with Gasteiger partial charge in [-0.2, -0.15) is 0 Å². The van der Waals surface area contributed by atoms with Crippen LogP contribution >= 0.6 is 0 Å². The van der Waals surface area contributed by atoms with E-state index in [4.69, 9.17) is 15.2 Å². The summed E-state index contributed by atoms with van der Waals surface area (Å²) in [6.07, 6.45) is 3.86. The van der Waals surface area contributed by atoms with E-state index >= 15 is 0 Å². The molecule has 0 fully saturated rings. The number of unbranched alkanes of at least 4 members (excludes halogenated alkanes) is 1. The number of para-hydroxylation sites is 1. The second-order valence-electron chi connectivity index (χ2n) is 5.58. The second kappa shape index (κ2) is 10.2. The molecular weight excluding hydrogens is 278 g/mol. The summed E-state index contributed by atoms with van der Waals surface area (Å²) in [4.78, 5) is 11.5. The molecule has 0 bridgehead atoms. The molecule has 0 aliphatic rings. The molecule has 22 heavy (non-hydrogen) atoms. The lowest BCUT2D eigenvalue weighted by Crippen LogP contribution is -2.37. The lowest BCUT2D eigenvalue weighted by atomic mass is 9.89. The van der Waals surface area contributed by atoms with Crippen LogP contribution in [0.1, 0.15) is 46.5 Å². The Morgan fingerprint density at radius 2 is 1.91 bits per heavy atom. The molecule has 0 radical (unpaired) electrons. The maximum atomic E-state index is 11.5. The van der Waals surface area contributed by atoms with Crippen LogP contribution in [0.25, 0.3) is 0 Å². The quantitative estimate of drug-likeness (QED) is 0.672. The Morgan fingerprint density at radius 1 is 1.23 bits per heavy atom. The molecule has 1 rings (SSSR count). The molecule has 0 saturated heterocycles. The van der Waals surface area contributed by atoms with Gasteiger partial charge >= 0.3 is 5.97 Å². The zero-order valence-electron chi connectivity index (χ0n) is 14.0. The Kier molecular flexibility index (Phi) is 8.60. The van der Waals surface area contributed by atoms with Crippen LogP contribution in [0.15, 0.2) is 30.3 Å². The Morgan fingerprint density at radius 3 is 2.45 bits per heavy atom. The number of benzene rings is 1. The van der Waals surface area contributed by atoms with Crippen molar-refractivity contribution in [1.82, 2.24) is 0 Å². The fourth-order valence-corrected chi connectivity index (χ4v) is 2.65. The molecule has 1 aromatic rings. The van der Waals surface area contributed by atoms with E-state index in [0.717, 1.165) is 31.4 Å². The standard InChI is InChI=1S/C18H29NO3/c1-4-6-12-16(14(3)21-18(20)13-19)17(5-2)22-15-10-8-7-9-11-15/h7-11,14,16-17H,4-6,12-13,19H2,1-3H3/t14-,16-,17+/m0/s1. The Balaban J connectivity index is 2.79. The molecule has 0 amide bonds. The lowest BCUT2D eigenvalue weighted by Gasteiger charge is -2.31. The van der Waals surface area contributed by atoms with Crippen LogP contribution in [0.5, 0.6) is 5.75 Å². The highest BCUT2D eigenvalue weighted by Gasteiger charge is 2.29. The summed E-state index contributed by atoms with van der Waals surface area (Å²) >= 11 is 0. The van der Waals surface area contributed by atoms with E-state index < -0.39 is 0 Å². The average Bonchev–Trinajstić information content (AvgIpc) is 2.54. The molecule has 0 spiro atoms. The molecule has 4 nitrogen and oxygen atoms in total. The van der Waals surface area contributed by atoms with Crippen molar-refractivity contribution in [2.45, 2.75) is 58.7 Å². The molecule has 0 unspecified atom stereocenters. The summed E-state index contributed by atoms with van der Waals surface area (Å²) < 4.78 is 11.6. The minimum absolute atomic E-state index is 0.0227.